The molecule has 2 heterocycles. The molecule has 0 aliphatic carbocycles. The summed E-state index contributed by atoms with van der Waals surface area (Å²) in [5.74, 6) is 1.68. The molecule has 0 bridgehead atoms. The molecule has 108 valence electrons. The second-order valence-corrected chi connectivity index (χ2v) is 7.78. The standard InChI is InChI=1S/C12H19NO4S2/c1-9-12(6-10(8-14)17-9)19(15,16)13-7-11-4-2-3-5-18-11/h6,11,13-14H,2-5,7-8H2,1H3. The lowest BCUT2D eigenvalue weighted by molar-refractivity contribution is 0.244. The molecule has 0 saturated carbocycles. The first-order valence-corrected chi connectivity index (χ1v) is 8.87. The summed E-state index contributed by atoms with van der Waals surface area (Å²) in [6.45, 7) is 1.74. The maximum atomic E-state index is 12.2. The zero-order chi connectivity index (χ0) is 13.9. The molecule has 1 atom stereocenters. The van der Waals surface area contributed by atoms with Gasteiger partial charge in [-0.05, 0) is 25.5 Å². The molecule has 0 radical (unpaired) electrons. The van der Waals surface area contributed by atoms with Gasteiger partial charge in [0.05, 0.1) is 0 Å². The lowest BCUT2D eigenvalue weighted by Crippen LogP contribution is -2.32. The van der Waals surface area contributed by atoms with Crippen LogP contribution in [0.4, 0.5) is 0 Å². The van der Waals surface area contributed by atoms with Crippen LogP contribution in [-0.4, -0.2) is 31.1 Å². The van der Waals surface area contributed by atoms with Crippen LogP contribution >= 0.6 is 11.8 Å². The summed E-state index contributed by atoms with van der Waals surface area (Å²) in [7, 11) is -3.55. The van der Waals surface area contributed by atoms with Crippen molar-refractivity contribution in [1.82, 2.24) is 4.72 Å². The summed E-state index contributed by atoms with van der Waals surface area (Å²) in [5.41, 5.74) is 0. The van der Waals surface area contributed by atoms with Crippen molar-refractivity contribution in [3.63, 3.8) is 0 Å². The summed E-state index contributed by atoms with van der Waals surface area (Å²) in [6, 6.07) is 1.38. The van der Waals surface area contributed by atoms with Crippen LogP contribution in [0.15, 0.2) is 15.4 Å². The fraction of sp³-hybridized carbons (Fsp3) is 0.667. The Morgan fingerprint density at radius 2 is 2.32 bits per heavy atom. The topological polar surface area (TPSA) is 79.5 Å². The fourth-order valence-corrected chi connectivity index (χ4v) is 4.74. The van der Waals surface area contributed by atoms with Gasteiger partial charge in [0.2, 0.25) is 10.0 Å². The predicted molar refractivity (Wildman–Crippen MR) is 74.7 cm³/mol. The van der Waals surface area contributed by atoms with Crippen molar-refractivity contribution in [3.8, 4) is 0 Å². The third-order valence-electron chi connectivity index (χ3n) is 3.14. The van der Waals surface area contributed by atoms with E-state index in [0.717, 1.165) is 12.2 Å². The zero-order valence-electron chi connectivity index (χ0n) is 10.9. The molecule has 1 aliphatic heterocycles. The van der Waals surface area contributed by atoms with Crippen LogP contribution in [0.1, 0.15) is 30.8 Å². The van der Waals surface area contributed by atoms with Gasteiger partial charge in [-0.1, -0.05) is 6.42 Å². The van der Waals surface area contributed by atoms with Crippen molar-refractivity contribution < 1.29 is 17.9 Å². The van der Waals surface area contributed by atoms with Gasteiger partial charge in [-0.15, -0.1) is 0 Å². The molecule has 1 fully saturated rings. The number of aryl methyl sites for hydroxylation is 1. The number of hydrogen-bond donors (Lipinski definition) is 2. The average Bonchev–Trinajstić information content (AvgIpc) is 2.80. The van der Waals surface area contributed by atoms with Gasteiger partial charge in [0.25, 0.3) is 0 Å². The minimum absolute atomic E-state index is 0.123. The minimum atomic E-state index is -3.55. The number of aliphatic hydroxyl groups excluding tert-OH is 1. The second kappa shape index (κ2) is 6.30. The Balaban J connectivity index is 2.02. The lowest BCUT2D eigenvalue weighted by Gasteiger charge is -2.21. The van der Waals surface area contributed by atoms with Crippen LogP contribution in [-0.2, 0) is 16.6 Å². The van der Waals surface area contributed by atoms with Crippen molar-refractivity contribution in [2.24, 2.45) is 0 Å². The van der Waals surface area contributed by atoms with E-state index >= 15 is 0 Å². The number of sulfonamides is 1. The SMILES string of the molecule is Cc1oc(CO)cc1S(=O)(=O)NCC1CCCCS1. The maximum Gasteiger partial charge on any atom is 0.244 e. The van der Waals surface area contributed by atoms with E-state index in [2.05, 4.69) is 4.72 Å². The molecule has 1 aromatic rings. The van der Waals surface area contributed by atoms with Crippen LogP contribution in [0.5, 0.6) is 0 Å². The molecule has 2 rings (SSSR count). The first kappa shape index (κ1) is 14.9. The zero-order valence-corrected chi connectivity index (χ0v) is 12.5. The van der Waals surface area contributed by atoms with Gasteiger partial charge in [0.15, 0.2) is 0 Å². The predicted octanol–water partition coefficient (Wildman–Crippen LogP) is 1.64. The Kier molecular flexibility index (Phi) is 4.94. The van der Waals surface area contributed by atoms with Gasteiger partial charge >= 0.3 is 0 Å². The molecule has 5 nitrogen and oxygen atoms in total. The molecule has 0 amide bonds. The van der Waals surface area contributed by atoms with E-state index in [0.29, 0.717) is 17.6 Å². The van der Waals surface area contributed by atoms with Crippen molar-refractivity contribution in [2.45, 2.75) is 42.9 Å². The van der Waals surface area contributed by atoms with Crippen LogP contribution in [0.3, 0.4) is 0 Å². The number of nitrogens with one attached hydrogen (secondary N) is 1. The second-order valence-electron chi connectivity index (χ2n) is 4.63. The molecule has 1 aromatic heterocycles. The van der Waals surface area contributed by atoms with Gasteiger partial charge in [0, 0.05) is 17.9 Å². The number of rotatable bonds is 5. The summed E-state index contributed by atoms with van der Waals surface area (Å²) in [6.07, 6.45) is 3.44. The van der Waals surface area contributed by atoms with Gasteiger partial charge in [-0.3, -0.25) is 0 Å². The highest BCUT2D eigenvalue weighted by Gasteiger charge is 2.23. The Hall–Kier alpha value is -0.500. The summed E-state index contributed by atoms with van der Waals surface area (Å²) < 4.78 is 32.1. The molecule has 7 heteroatoms. The van der Waals surface area contributed by atoms with Gasteiger partial charge in [-0.2, -0.15) is 11.8 Å². The number of hydrogen-bond acceptors (Lipinski definition) is 5. The van der Waals surface area contributed by atoms with Crippen LogP contribution in [0.25, 0.3) is 0 Å². The molecular weight excluding hydrogens is 286 g/mol. The van der Waals surface area contributed by atoms with Gasteiger partial charge in [-0.25, -0.2) is 13.1 Å². The third kappa shape index (κ3) is 3.75. The van der Waals surface area contributed by atoms with Crippen LogP contribution in [0, 0.1) is 6.92 Å². The molecule has 1 unspecified atom stereocenters. The van der Waals surface area contributed by atoms with E-state index in [-0.39, 0.29) is 17.3 Å². The van der Waals surface area contributed by atoms with E-state index in [1.54, 1.807) is 6.92 Å². The Bertz CT molecular complexity index is 518. The normalized spacial score (nSPS) is 20.6. The molecule has 1 aliphatic rings. The van der Waals surface area contributed by atoms with Gasteiger partial charge in [0.1, 0.15) is 23.0 Å². The molecule has 2 N–H and O–H groups in total. The Morgan fingerprint density at radius 1 is 1.53 bits per heavy atom. The third-order valence-corrected chi connectivity index (χ3v) is 6.07. The quantitative estimate of drug-likeness (QED) is 0.864. The summed E-state index contributed by atoms with van der Waals surface area (Å²) >= 11 is 1.82. The Morgan fingerprint density at radius 3 is 2.89 bits per heavy atom. The molecule has 0 spiro atoms. The number of furan rings is 1. The molecule has 1 saturated heterocycles. The number of thioether (sulfide) groups is 1. The van der Waals surface area contributed by atoms with E-state index in [1.165, 1.54) is 18.9 Å². The van der Waals surface area contributed by atoms with Crippen LogP contribution in [0.2, 0.25) is 0 Å². The highest BCUT2D eigenvalue weighted by molar-refractivity contribution is 8.00. The van der Waals surface area contributed by atoms with E-state index in [1.807, 2.05) is 11.8 Å². The molecular formula is C12H19NO4S2. The Labute approximate surface area is 117 Å². The first-order valence-electron chi connectivity index (χ1n) is 6.34. The van der Waals surface area contributed by atoms with Crippen molar-refractivity contribution in [2.75, 3.05) is 12.3 Å². The van der Waals surface area contributed by atoms with Crippen molar-refractivity contribution >= 4 is 21.8 Å². The largest absolute Gasteiger partial charge is 0.462 e. The minimum Gasteiger partial charge on any atom is -0.462 e. The smallest absolute Gasteiger partial charge is 0.244 e. The van der Waals surface area contributed by atoms with Gasteiger partial charge < -0.3 is 9.52 Å². The number of aliphatic hydroxyl groups is 1. The lowest BCUT2D eigenvalue weighted by atomic mass is 10.2. The maximum absolute atomic E-state index is 12.2. The first-order chi connectivity index (χ1) is 9.03. The molecule has 19 heavy (non-hydrogen) atoms. The van der Waals surface area contributed by atoms with E-state index in [9.17, 15) is 8.42 Å². The average molecular weight is 305 g/mol. The molecule has 0 aromatic carbocycles. The highest BCUT2D eigenvalue weighted by atomic mass is 32.2. The van der Waals surface area contributed by atoms with Crippen molar-refractivity contribution in [1.29, 1.82) is 0 Å². The van der Waals surface area contributed by atoms with Crippen LogP contribution < -0.4 is 4.72 Å². The fourth-order valence-electron chi connectivity index (χ4n) is 2.12. The monoisotopic (exact) mass is 305 g/mol. The van der Waals surface area contributed by atoms with E-state index < -0.39 is 10.0 Å². The van der Waals surface area contributed by atoms with E-state index in [4.69, 9.17) is 9.52 Å². The summed E-state index contributed by atoms with van der Waals surface area (Å²) in [4.78, 5) is 0.123. The van der Waals surface area contributed by atoms with Crippen molar-refractivity contribution in [3.05, 3.63) is 17.6 Å². The summed E-state index contributed by atoms with van der Waals surface area (Å²) in [5, 5.41) is 9.32. The highest BCUT2D eigenvalue weighted by Crippen LogP contribution is 2.25.